The molecule has 3 aliphatic heterocycles. The first kappa shape index (κ1) is 25.5. The van der Waals surface area contributed by atoms with Crippen molar-refractivity contribution in [3.63, 3.8) is 0 Å². The Morgan fingerprint density at radius 3 is 2.43 bits per heavy atom. The lowest BCUT2D eigenvalue weighted by Crippen LogP contribution is -2.56. The molecule has 0 bridgehead atoms. The highest BCUT2D eigenvalue weighted by atomic mass is 16.2. The van der Waals surface area contributed by atoms with Crippen molar-refractivity contribution >= 4 is 23.4 Å². The smallest absolute Gasteiger partial charge is 0.245 e. The fourth-order valence-corrected chi connectivity index (χ4v) is 6.08. The average Bonchev–Trinajstić information content (AvgIpc) is 3.14. The number of nitrogens with zero attached hydrogens (tertiary/aromatic N) is 2. The van der Waals surface area contributed by atoms with Gasteiger partial charge in [0.1, 0.15) is 6.04 Å². The van der Waals surface area contributed by atoms with Crippen LogP contribution in [0.1, 0.15) is 50.7 Å². The zero-order valence-corrected chi connectivity index (χ0v) is 21.9. The number of piperidine rings is 2. The molecule has 0 aliphatic carbocycles. The van der Waals surface area contributed by atoms with Gasteiger partial charge in [-0.15, -0.1) is 0 Å². The van der Waals surface area contributed by atoms with Crippen molar-refractivity contribution in [1.82, 2.24) is 15.5 Å². The highest BCUT2D eigenvalue weighted by Gasteiger charge is 2.47. The maximum atomic E-state index is 13.7. The Bertz CT molecular complexity index is 1130. The topological polar surface area (TPSA) is 81.8 Å². The number of para-hydroxylation sites is 1. The van der Waals surface area contributed by atoms with Crippen LogP contribution in [0.2, 0.25) is 0 Å². The number of hydrogen-bond acceptors (Lipinski definition) is 4. The summed E-state index contributed by atoms with van der Waals surface area (Å²) in [6.07, 6.45) is 3.73. The van der Waals surface area contributed by atoms with Gasteiger partial charge in [-0.05, 0) is 63.3 Å². The molecule has 3 amide bonds. The molecule has 7 heteroatoms. The molecule has 196 valence electrons. The first-order chi connectivity index (χ1) is 17.9. The van der Waals surface area contributed by atoms with Crippen molar-refractivity contribution in [2.45, 2.75) is 63.5 Å². The van der Waals surface area contributed by atoms with Crippen molar-refractivity contribution < 1.29 is 14.4 Å². The van der Waals surface area contributed by atoms with Gasteiger partial charge in [-0.25, -0.2) is 0 Å². The predicted octanol–water partition coefficient (Wildman–Crippen LogP) is 3.03. The van der Waals surface area contributed by atoms with Crippen LogP contribution in [0.3, 0.4) is 0 Å². The van der Waals surface area contributed by atoms with Gasteiger partial charge in [0, 0.05) is 37.8 Å². The molecule has 2 fully saturated rings. The Morgan fingerprint density at radius 1 is 1.03 bits per heavy atom. The quantitative estimate of drug-likeness (QED) is 0.636. The molecule has 0 saturated carbocycles. The SMILES string of the molecule is CC1(C)C(=O)N(C2CCN(C(=O)[C@H](Cc3ccccc3)NC(=O)[C@@H]3CCCNC3)CC2)c2ccccc21. The molecule has 37 heavy (non-hydrogen) atoms. The molecular weight excluding hydrogens is 464 g/mol. The molecule has 2 aromatic rings. The van der Waals surface area contributed by atoms with Crippen LogP contribution in [-0.2, 0) is 26.2 Å². The Kier molecular flexibility index (Phi) is 7.33. The lowest BCUT2D eigenvalue weighted by molar-refractivity contribution is -0.138. The number of benzene rings is 2. The van der Waals surface area contributed by atoms with Crippen LogP contribution in [0, 0.1) is 5.92 Å². The van der Waals surface area contributed by atoms with Crippen molar-refractivity contribution in [2.75, 3.05) is 31.1 Å². The zero-order chi connectivity index (χ0) is 26.0. The lowest BCUT2D eigenvalue weighted by atomic mass is 9.86. The van der Waals surface area contributed by atoms with E-state index in [4.69, 9.17) is 0 Å². The van der Waals surface area contributed by atoms with E-state index in [1.165, 1.54) is 0 Å². The second-order valence-electron chi connectivity index (χ2n) is 11.2. The van der Waals surface area contributed by atoms with Gasteiger partial charge in [0.15, 0.2) is 0 Å². The van der Waals surface area contributed by atoms with Gasteiger partial charge < -0.3 is 20.4 Å². The first-order valence-corrected chi connectivity index (χ1v) is 13.6. The van der Waals surface area contributed by atoms with Gasteiger partial charge in [-0.1, -0.05) is 48.5 Å². The molecule has 2 aromatic carbocycles. The summed E-state index contributed by atoms with van der Waals surface area (Å²) in [5, 5.41) is 6.39. The number of amides is 3. The van der Waals surface area contributed by atoms with Crippen LogP contribution in [0.15, 0.2) is 54.6 Å². The number of anilines is 1. The Balaban J connectivity index is 1.27. The van der Waals surface area contributed by atoms with Crippen molar-refractivity contribution in [1.29, 1.82) is 0 Å². The number of hydrogen-bond donors (Lipinski definition) is 2. The standard InChI is InChI=1S/C30H38N4O3/c1-30(2)24-12-6-7-13-26(24)34(29(30)37)23-14-17-33(18-15-23)28(36)25(19-21-9-4-3-5-10-21)32-27(35)22-11-8-16-31-20-22/h3-7,9-10,12-13,22-23,25,31H,8,11,14-20H2,1-2H3,(H,32,35)/t22-,25+/m1/s1. The van der Waals surface area contributed by atoms with E-state index >= 15 is 0 Å². The van der Waals surface area contributed by atoms with E-state index in [0.29, 0.717) is 26.1 Å². The third kappa shape index (κ3) is 5.14. The fraction of sp³-hybridized carbons (Fsp3) is 0.500. The van der Waals surface area contributed by atoms with E-state index in [2.05, 4.69) is 10.6 Å². The summed E-state index contributed by atoms with van der Waals surface area (Å²) in [6.45, 7) is 6.72. The number of carbonyl (C=O) groups excluding carboxylic acids is 3. The van der Waals surface area contributed by atoms with Gasteiger partial charge in [-0.2, -0.15) is 0 Å². The monoisotopic (exact) mass is 502 g/mol. The number of likely N-dealkylation sites (tertiary alicyclic amines) is 1. The molecule has 0 aromatic heterocycles. The molecule has 0 unspecified atom stereocenters. The predicted molar refractivity (Wildman–Crippen MR) is 144 cm³/mol. The van der Waals surface area contributed by atoms with Gasteiger partial charge in [0.2, 0.25) is 17.7 Å². The van der Waals surface area contributed by atoms with Crippen LogP contribution >= 0.6 is 0 Å². The van der Waals surface area contributed by atoms with Gasteiger partial charge in [-0.3, -0.25) is 14.4 Å². The van der Waals surface area contributed by atoms with Crippen molar-refractivity contribution in [3.05, 3.63) is 65.7 Å². The van der Waals surface area contributed by atoms with E-state index in [9.17, 15) is 14.4 Å². The first-order valence-electron chi connectivity index (χ1n) is 13.6. The molecule has 2 atom stereocenters. The molecule has 2 saturated heterocycles. The van der Waals surface area contributed by atoms with Crippen molar-refractivity contribution in [3.8, 4) is 0 Å². The third-order valence-corrected chi connectivity index (χ3v) is 8.30. The maximum Gasteiger partial charge on any atom is 0.245 e. The number of rotatable bonds is 6. The van der Waals surface area contributed by atoms with E-state index in [1.54, 1.807) is 0 Å². The molecule has 2 N–H and O–H groups in total. The molecule has 7 nitrogen and oxygen atoms in total. The normalized spacial score (nSPS) is 22.4. The van der Waals surface area contributed by atoms with Gasteiger partial charge >= 0.3 is 0 Å². The van der Waals surface area contributed by atoms with Crippen LogP contribution in [0.5, 0.6) is 0 Å². The Morgan fingerprint density at radius 2 is 1.73 bits per heavy atom. The zero-order valence-electron chi connectivity index (χ0n) is 21.9. The number of nitrogens with one attached hydrogen (secondary N) is 2. The molecular formula is C30H38N4O3. The van der Waals surface area contributed by atoms with Crippen molar-refractivity contribution in [2.24, 2.45) is 5.92 Å². The molecule has 3 heterocycles. The Labute approximate surface area is 219 Å². The maximum absolute atomic E-state index is 13.7. The van der Waals surface area contributed by atoms with E-state index in [1.807, 2.05) is 78.2 Å². The second-order valence-corrected chi connectivity index (χ2v) is 11.2. The minimum Gasteiger partial charge on any atom is -0.344 e. The fourth-order valence-electron chi connectivity index (χ4n) is 6.08. The molecule has 0 radical (unpaired) electrons. The van der Waals surface area contributed by atoms with E-state index in [-0.39, 0.29) is 29.7 Å². The molecule has 3 aliphatic rings. The number of fused-ring (bicyclic) bond motifs is 1. The van der Waals surface area contributed by atoms with Gasteiger partial charge in [0.05, 0.1) is 11.3 Å². The minimum atomic E-state index is -0.596. The summed E-state index contributed by atoms with van der Waals surface area (Å²) in [7, 11) is 0. The average molecular weight is 503 g/mol. The third-order valence-electron chi connectivity index (χ3n) is 8.30. The summed E-state index contributed by atoms with van der Waals surface area (Å²) in [6, 6.07) is 17.4. The summed E-state index contributed by atoms with van der Waals surface area (Å²) in [5.74, 6) is -0.0466. The Hall–Kier alpha value is -3.19. The highest BCUT2D eigenvalue weighted by Crippen LogP contribution is 2.43. The summed E-state index contributed by atoms with van der Waals surface area (Å²) in [4.78, 5) is 44.0. The summed E-state index contributed by atoms with van der Waals surface area (Å²) >= 11 is 0. The molecule has 0 spiro atoms. The van der Waals surface area contributed by atoms with Crippen LogP contribution < -0.4 is 15.5 Å². The minimum absolute atomic E-state index is 0.0344. The van der Waals surface area contributed by atoms with Crippen LogP contribution in [0.4, 0.5) is 5.69 Å². The van der Waals surface area contributed by atoms with E-state index in [0.717, 1.165) is 49.0 Å². The van der Waals surface area contributed by atoms with Crippen LogP contribution in [-0.4, -0.2) is 60.9 Å². The van der Waals surface area contributed by atoms with E-state index < -0.39 is 11.5 Å². The van der Waals surface area contributed by atoms with Gasteiger partial charge in [0.25, 0.3) is 0 Å². The van der Waals surface area contributed by atoms with Crippen LogP contribution in [0.25, 0.3) is 0 Å². The molecule has 5 rings (SSSR count). The largest absolute Gasteiger partial charge is 0.344 e. The number of carbonyl (C=O) groups is 3. The summed E-state index contributed by atoms with van der Waals surface area (Å²) in [5.41, 5.74) is 2.56. The second kappa shape index (κ2) is 10.7. The summed E-state index contributed by atoms with van der Waals surface area (Å²) < 4.78 is 0. The lowest BCUT2D eigenvalue weighted by Gasteiger charge is -2.39. The highest BCUT2D eigenvalue weighted by molar-refractivity contribution is 6.08.